The Morgan fingerprint density at radius 2 is 1.41 bits per heavy atom. The Kier molecular flexibility index (Phi) is 8.10. The molecule has 2 aliphatic carbocycles. The zero-order valence-electron chi connectivity index (χ0n) is 19.7. The minimum atomic E-state index is -0.201. The summed E-state index contributed by atoms with van der Waals surface area (Å²) in [5.41, 5.74) is 4.20. The van der Waals surface area contributed by atoms with Gasteiger partial charge in [0.05, 0.1) is 5.57 Å². The monoisotopic (exact) mass is 434 g/mol. The summed E-state index contributed by atoms with van der Waals surface area (Å²) in [5, 5.41) is 0. The van der Waals surface area contributed by atoms with Gasteiger partial charge < -0.3 is 9.80 Å². The van der Waals surface area contributed by atoms with Gasteiger partial charge >= 0.3 is 0 Å². The molecule has 1 aromatic rings. The number of benzene rings is 1. The number of rotatable bonds is 12. The number of allylic oxidation sites excluding steroid dienone is 5. The number of carbonyl (C=O) groups is 3. The molecular weight excluding hydrogens is 400 g/mol. The summed E-state index contributed by atoms with van der Waals surface area (Å²) < 4.78 is 0. The molecule has 0 atom stereocenters. The van der Waals surface area contributed by atoms with Crippen molar-refractivity contribution >= 4 is 29.0 Å². The summed E-state index contributed by atoms with van der Waals surface area (Å²) in [6.45, 7) is 1.91. The van der Waals surface area contributed by atoms with Crippen molar-refractivity contribution in [2.45, 2.75) is 38.5 Å². The molecule has 0 unspecified atom stereocenters. The fourth-order valence-corrected chi connectivity index (χ4v) is 4.16. The van der Waals surface area contributed by atoms with Crippen LogP contribution in [-0.4, -0.2) is 68.4 Å². The molecule has 2 aliphatic rings. The number of nitrogens with zero attached hydrogens (tertiary/aromatic N) is 2. The van der Waals surface area contributed by atoms with Gasteiger partial charge in [0.15, 0.2) is 17.3 Å². The highest BCUT2D eigenvalue weighted by molar-refractivity contribution is 6.35. The van der Waals surface area contributed by atoms with Crippen LogP contribution in [0.2, 0.25) is 0 Å². The average Bonchev–Trinajstić information content (AvgIpc) is 3.12. The van der Waals surface area contributed by atoms with Crippen molar-refractivity contribution in [2.75, 3.05) is 41.3 Å². The summed E-state index contributed by atoms with van der Waals surface area (Å²) >= 11 is 0. The number of Topliss-reactive ketones (excluding diaryl/α,β-unsaturated/α-hetero) is 3. The van der Waals surface area contributed by atoms with Gasteiger partial charge in [0, 0.05) is 24.0 Å². The van der Waals surface area contributed by atoms with E-state index in [-0.39, 0.29) is 22.9 Å². The first-order chi connectivity index (χ1) is 15.3. The molecule has 0 amide bonds. The quantitative estimate of drug-likeness (QED) is 0.280. The molecule has 0 spiro atoms. The van der Waals surface area contributed by atoms with Crippen molar-refractivity contribution in [3.05, 3.63) is 58.2 Å². The third-order valence-electron chi connectivity index (χ3n) is 5.98. The molecular formula is C27H34N2O3. The highest BCUT2D eigenvalue weighted by Crippen LogP contribution is 2.40. The number of hydrogen-bond acceptors (Lipinski definition) is 5. The average molecular weight is 435 g/mol. The second-order valence-electron chi connectivity index (χ2n) is 9.22. The summed E-state index contributed by atoms with van der Waals surface area (Å²) in [5.74, 6) is -0.158. The number of fused-ring (bicyclic) bond motifs is 3. The van der Waals surface area contributed by atoms with Gasteiger partial charge in [0.25, 0.3) is 0 Å². The van der Waals surface area contributed by atoms with Crippen LogP contribution in [0.4, 0.5) is 0 Å². The summed E-state index contributed by atoms with van der Waals surface area (Å²) in [6.07, 6.45) is 9.85. The molecule has 5 heteroatoms. The van der Waals surface area contributed by atoms with Gasteiger partial charge in [-0.2, -0.15) is 0 Å². The van der Waals surface area contributed by atoms with Crippen molar-refractivity contribution < 1.29 is 14.4 Å². The molecule has 0 saturated carbocycles. The van der Waals surface area contributed by atoms with E-state index in [1.165, 1.54) is 0 Å². The lowest BCUT2D eigenvalue weighted by Gasteiger charge is -2.14. The molecule has 0 aromatic heterocycles. The molecule has 0 radical (unpaired) electrons. The van der Waals surface area contributed by atoms with Gasteiger partial charge in [0.1, 0.15) is 0 Å². The molecule has 1 aromatic carbocycles. The smallest absolute Gasteiger partial charge is 0.197 e. The predicted octanol–water partition coefficient (Wildman–Crippen LogP) is 4.19. The van der Waals surface area contributed by atoms with E-state index < -0.39 is 0 Å². The summed E-state index contributed by atoms with van der Waals surface area (Å²) in [7, 11) is 8.08. The van der Waals surface area contributed by atoms with Crippen LogP contribution >= 0.6 is 0 Å². The lowest BCUT2D eigenvalue weighted by molar-refractivity contribution is -0.119. The second-order valence-corrected chi connectivity index (χ2v) is 9.22. The van der Waals surface area contributed by atoms with Gasteiger partial charge in [-0.05, 0) is 102 Å². The first-order valence-electron chi connectivity index (χ1n) is 11.5. The van der Waals surface area contributed by atoms with Gasteiger partial charge in [-0.3, -0.25) is 14.4 Å². The van der Waals surface area contributed by atoms with Gasteiger partial charge in [-0.25, -0.2) is 0 Å². The second kappa shape index (κ2) is 10.8. The van der Waals surface area contributed by atoms with E-state index in [0.717, 1.165) is 55.5 Å². The fourth-order valence-electron chi connectivity index (χ4n) is 4.16. The highest BCUT2D eigenvalue weighted by Gasteiger charge is 2.31. The topological polar surface area (TPSA) is 57.7 Å². The van der Waals surface area contributed by atoms with E-state index in [0.29, 0.717) is 24.0 Å². The first kappa shape index (κ1) is 24.0. The van der Waals surface area contributed by atoms with Crippen molar-refractivity contribution in [3.63, 3.8) is 0 Å². The summed E-state index contributed by atoms with van der Waals surface area (Å²) in [6, 6.07) is 5.66. The van der Waals surface area contributed by atoms with E-state index in [4.69, 9.17) is 0 Å². The van der Waals surface area contributed by atoms with Crippen LogP contribution in [0, 0.1) is 0 Å². The fraction of sp³-hybridized carbons (Fsp3) is 0.444. The van der Waals surface area contributed by atoms with Crippen molar-refractivity contribution in [3.8, 4) is 0 Å². The van der Waals surface area contributed by atoms with E-state index in [2.05, 4.69) is 9.80 Å². The Morgan fingerprint density at radius 3 is 2.03 bits per heavy atom. The maximum absolute atomic E-state index is 13.0. The number of unbranched alkanes of at least 4 members (excludes halogenated alkanes) is 2. The van der Waals surface area contributed by atoms with Crippen LogP contribution in [0.1, 0.15) is 60.0 Å². The molecule has 0 aliphatic heterocycles. The Balaban J connectivity index is 1.66. The Morgan fingerprint density at radius 1 is 0.781 bits per heavy atom. The molecule has 5 nitrogen and oxygen atoms in total. The minimum absolute atomic E-state index is 0.0884. The van der Waals surface area contributed by atoms with E-state index in [9.17, 15) is 14.4 Å². The van der Waals surface area contributed by atoms with Crippen LogP contribution < -0.4 is 0 Å². The van der Waals surface area contributed by atoms with Crippen LogP contribution in [0.15, 0.2) is 41.5 Å². The van der Waals surface area contributed by atoms with Gasteiger partial charge in [0.2, 0.25) is 0 Å². The first-order valence-corrected chi connectivity index (χ1v) is 11.5. The Labute approximate surface area is 191 Å². The Hall–Kier alpha value is -2.63. The third kappa shape index (κ3) is 5.78. The zero-order valence-corrected chi connectivity index (χ0v) is 19.7. The van der Waals surface area contributed by atoms with Crippen LogP contribution in [0.5, 0.6) is 0 Å². The highest BCUT2D eigenvalue weighted by atomic mass is 16.1. The molecule has 0 N–H and O–H groups in total. The van der Waals surface area contributed by atoms with E-state index >= 15 is 0 Å². The van der Waals surface area contributed by atoms with Crippen LogP contribution in [-0.2, 0) is 9.59 Å². The van der Waals surface area contributed by atoms with Gasteiger partial charge in [-0.15, -0.1) is 0 Å². The van der Waals surface area contributed by atoms with Crippen molar-refractivity contribution in [1.82, 2.24) is 9.80 Å². The zero-order chi connectivity index (χ0) is 23.3. The maximum atomic E-state index is 13.0. The SMILES string of the molecule is CN(C)CCCCC(=O)C1=CC=C2C(=Cc3cc(C(=O)CCCCN(C)C)ccc32)C1=O. The molecule has 0 saturated heterocycles. The van der Waals surface area contributed by atoms with Crippen molar-refractivity contribution in [2.24, 2.45) is 0 Å². The van der Waals surface area contributed by atoms with Crippen LogP contribution in [0.25, 0.3) is 11.6 Å². The number of carbonyl (C=O) groups excluding carboxylic acids is 3. The predicted molar refractivity (Wildman–Crippen MR) is 130 cm³/mol. The lowest BCUT2D eigenvalue weighted by Crippen LogP contribution is -2.18. The van der Waals surface area contributed by atoms with E-state index in [1.54, 1.807) is 6.08 Å². The molecule has 32 heavy (non-hydrogen) atoms. The normalized spacial score (nSPS) is 14.8. The number of ketones is 3. The number of hydrogen-bond donors (Lipinski definition) is 0. The van der Waals surface area contributed by atoms with Crippen molar-refractivity contribution in [1.29, 1.82) is 0 Å². The van der Waals surface area contributed by atoms with Crippen LogP contribution in [0.3, 0.4) is 0 Å². The minimum Gasteiger partial charge on any atom is -0.309 e. The van der Waals surface area contributed by atoms with Gasteiger partial charge in [-0.1, -0.05) is 18.2 Å². The standard InChI is InChI=1S/C27H34N2O3/c1-28(2)15-7-5-9-25(30)19-11-12-21-20(17-19)18-24-22(21)13-14-23(27(24)32)26(31)10-6-8-16-29(3)4/h11-14,17-18H,5-10,15-16H2,1-4H3. The molecule has 3 rings (SSSR count). The lowest BCUT2D eigenvalue weighted by atomic mass is 9.88. The largest absolute Gasteiger partial charge is 0.309 e. The molecule has 0 fully saturated rings. The summed E-state index contributed by atoms with van der Waals surface area (Å²) in [4.78, 5) is 42.5. The molecule has 170 valence electrons. The maximum Gasteiger partial charge on any atom is 0.197 e. The Bertz CT molecular complexity index is 996. The molecule has 0 bridgehead atoms. The van der Waals surface area contributed by atoms with E-state index in [1.807, 2.05) is 58.5 Å². The molecule has 0 heterocycles. The third-order valence-corrected chi connectivity index (χ3v) is 5.98.